The van der Waals surface area contributed by atoms with Crippen molar-refractivity contribution in [3.63, 3.8) is 0 Å². The lowest BCUT2D eigenvalue weighted by molar-refractivity contribution is 0.639. The van der Waals surface area contributed by atoms with Crippen molar-refractivity contribution in [2.24, 2.45) is 0 Å². The first-order valence-electron chi connectivity index (χ1n) is 3.46. The lowest BCUT2D eigenvalue weighted by atomic mass is 10.2. The van der Waals surface area contributed by atoms with Crippen LogP contribution in [0.5, 0.6) is 0 Å². The van der Waals surface area contributed by atoms with E-state index in [-0.39, 0.29) is 15.7 Å². The Bertz CT molecular complexity index is 465. The molecule has 0 aliphatic carbocycles. The Labute approximate surface area is 83.3 Å². The molecule has 1 aromatic carbocycles. The molecule has 0 aliphatic heterocycles. The average Bonchev–Trinajstić information content (AvgIpc) is 2.12. The summed E-state index contributed by atoms with van der Waals surface area (Å²) in [6, 6.07) is 4.48. The molecule has 0 amide bonds. The van der Waals surface area contributed by atoms with E-state index >= 15 is 0 Å². The molecule has 0 bridgehead atoms. The topological polar surface area (TPSA) is 25.8 Å². The van der Waals surface area contributed by atoms with Crippen LogP contribution < -0.4 is 0 Å². The van der Waals surface area contributed by atoms with Gasteiger partial charge in [0.25, 0.3) is 0 Å². The number of rotatable bonds is 0. The fourth-order valence-corrected chi connectivity index (χ4v) is 1.52. The summed E-state index contributed by atoms with van der Waals surface area (Å²) in [6.07, 6.45) is 0. The van der Waals surface area contributed by atoms with Crippen LogP contribution in [-0.4, -0.2) is 10.2 Å². The van der Waals surface area contributed by atoms with Crippen LogP contribution in [0.1, 0.15) is 0 Å². The Morgan fingerprint density at radius 3 is 2.46 bits per heavy atom. The third-order valence-corrected chi connectivity index (χ3v) is 2.21. The molecule has 13 heavy (non-hydrogen) atoms. The lowest BCUT2D eigenvalue weighted by Gasteiger charge is -2.00. The second-order valence-electron chi connectivity index (χ2n) is 2.44. The van der Waals surface area contributed by atoms with Gasteiger partial charge in [-0.15, -0.1) is 10.2 Å². The molecule has 0 aliphatic rings. The molecule has 1 aromatic heterocycles. The molecule has 0 unspecified atom stereocenters. The minimum atomic E-state index is -0.445. The van der Waals surface area contributed by atoms with Crippen LogP contribution >= 0.6 is 23.2 Å². The van der Waals surface area contributed by atoms with Crippen molar-refractivity contribution < 1.29 is 4.39 Å². The largest absolute Gasteiger partial charge is 0.206 e. The zero-order chi connectivity index (χ0) is 9.42. The molecule has 0 radical (unpaired) electrons. The van der Waals surface area contributed by atoms with Gasteiger partial charge < -0.3 is 0 Å². The third kappa shape index (κ3) is 1.34. The predicted molar refractivity (Wildman–Crippen MR) is 49.5 cm³/mol. The zero-order valence-electron chi connectivity index (χ0n) is 6.26. The molecule has 0 atom stereocenters. The second-order valence-corrected chi connectivity index (χ2v) is 3.16. The van der Waals surface area contributed by atoms with Gasteiger partial charge in [-0.1, -0.05) is 35.3 Å². The van der Waals surface area contributed by atoms with E-state index < -0.39 is 5.82 Å². The molecule has 1 heterocycles. The van der Waals surface area contributed by atoms with Gasteiger partial charge in [0.2, 0.25) is 0 Å². The zero-order valence-corrected chi connectivity index (χ0v) is 7.77. The van der Waals surface area contributed by atoms with E-state index in [9.17, 15) is 4.39 Å². The Hall–Kier alpha value is -0.930. The molecular weight excluding hydrogens is 214 g/mol. The van der Waals surface area contributed by atoms with Crippen molar-refractivity contribution >= 4 is 34.0 Å². The summed E-state index contributed by atoms with van der Waals surface area (Å²) in [4.78, 5) is 0. The maximum Gasteiger partial charge on any atom is 0.162 e. The highest BCUT2D eigenvalue weighted by Crippen LogP contribution is 2.27. The van der Waals surface area contributed by atoms with Crippen LogP contribution in [-0.2, 0) is 0 Å². The fourth-order valence-electron chi connectivity index (χ4n) is 1.10. The minimum Gasteiger partial charge on any atom is -0.206 e. The van der Waals surface area contributed by atoms with Crippen LogP contribution in [0.4, 0.5) is 4.39 Å². The van der Waals surface area contributed by atoms with Crippen LogP contribution in [0.25, 0.3) is 10.8 Å². The SMILES string of the molecule is Fc1cccc2c(Cl)nnc(Cl)c12. The van der Waals surface area contributed by atoms with Crippen molar-refractivity contribution in [3.05, 3.63) is 34.3 Å². The molecule has 0 saturated heterocycles. The molecule has 0 saturated carbocycles. The monoisotopic (exact) mass is 216 g/mol. The number of aromatic nitrogens is 2. The van der Waals surface area contributed by atoms with Crippen LogP contribution in [0.2, 0.25) is 10.3 Å². The van der Waals surface area contributed by atoms with E-state index in [1.807, 2.05) is 0 Å². The van der Waals surface area contributed by atoms with E-state index in [0.29, 0.717) is 5.39 Å². The van der Waals surface area contributed by atoms with Gasteiger partial charge >= 0.3 is 0 Å². The first-order chi connectivity index (χ1) is 6.20. The summed E-state index contributed by atoms with van der Waals surface area (Å²) in [7, 11) is 0. The van der Waals surface area contributed by atoms with Crippen molar-refractivity contribution in [3.8, 4) is 0 Å². The summed E-state index contributed by atoms with van der Waals surface area (Å²) in [5.74, 6) is -0.445. The number of benzene rings is 1. The highest BCUT2D eigenvalue weighted by atomic mass is 35.5. The van der Waals surface area contributed by atoms with Crippen molar-refractivity contribution in [1.82, 2.24) is 10.2 Å². The smallest absolute Gasteiger partial charge is 0.162 e. The van der Waals surface area contributed by atoms with E-state index in [1.54, 1.807) is 12.1 Å². The van der Waals surface area contributed by atoms with Gasteiger partial charge in [-0.3, -0.25) is 0 Å². The summed E-state index contributed by atoms with van der Waals surface area (Å²) < 4.78 is 13.2. The van der Waals surface area contributed by atoms with E-state index in [2.05, 4.69) is 10.2 Å². The lowest BCUT2D eigenvalue weighted by Crippen LogP contribution is -1.89. The highest BCUT2D eigenvalue weighted by Gasteiger charge is 2.09. The number of nitrogens with zero attached hydrogens (tertiary/aromatic N) is 2. The van der Waals surface area contributed by atoms with Gasteiger partial charge in [-0.2, -0.15) is 0 Å². The molecule has 0 fully saturated rings. The quantitative estimate of drug-likeness (QED) is 0.677. The number of hydrogen-bond acceptors (Lipinski definition) is 2. The normalized spacial score (nSPS) is 10.7. The second kappa shape index (κ2) is 3.09. The Morgan fingerprint density at radius 2 is 1.77 bits per heavy atom. The summed E-state index contributed by atoms with van der Waals surface area (Å²) in [6.45, 7) is 0. The maximum absolute atomic E-state index is 13.2. The average molecular weight is 217 g/mol. The summed E-state index contributed by atoms with van der Waals surface area (Å²) in [5.41, 5.74) is 0. The fraction of sp³-hybridized carbons (Fsp3) is 0. The number of hydrogen-bond donors (Lipinski definition) is 0. The minimum absolute atomic E-state index is 0.0255. The van der Waals surface area contributed by atoms with E-state index in [0.717, 1.165) is 0 Å². The molecular formula is C8H3Cl2FN2. The molecule has 0 N–H and O–H groups in total. The summed E-state index contributed by atoms with van der Waals surface area (Å²) in [5, 5.41) is 7.94. The standard InChI is InChI=1S/C8H3Cl2FN2/c9-7-4-2-1-3-5(11)6(4)8(10)13-12-7/h1-3H. The first-order valence-corrected chi connectivity index (χ1v) is 4.21. The first kappa shape index (κ1) is 8.66. The number of fused-ring (bicyclic) bond motifs is 1. The summed E-state index contributed by atoms with van der Waals surface area (Å²) >= 11 is 11.4. The third-order valence-electron chi connectivity index (χ3n) is 1.67. The van der Waals surface area contributed by atoms with Crippen LogP contribution in [0, 0.1) is 5.82 Å². The van der Waals surface area contributed by atoms with Crippen molar-refractivity contribution in [2.75, 3.05) is 0 Å². The van der Waals surface area contributed by atoms with Crippen molar-refractivity contribution in [1.29, 1.82) is 0 Å². The molecule has 2 nitrogen and oxygen atoms in total. The van der Waals surface area contributed by atoms with Crippen LogP contribution in [0.3, 0.4) is 0 Å². The Morgan fingerprint density at radius 1 is 1.08 bits per heavy atom. The van der Waals surface area contributed by atoms with Crippen LogP contribution in [0.15, 0.2) is 18.2 Å². The number of halogens is 3. The van der Waals surface area contributed by atoms with E-state index in [4.69, 9.17) is 23.2 Å². The molecule has 5 heteroatoms. The molecule has 2 rings (SSSR count). The van der Waals surface area contributed by atoms with Gasteiger partial charge in [-0.25, -0.2) is 4.39 Å². The molecule has 2 aromatic rings. The van der Waals surface area contributed by atoms with Gasteiger partial charge in [-0.05, 0) is 6.07 Å². The van der Waals surface area contributed by atoms with Crippen molar-refractivity contribution in [2.45, 2.75) is 0 Å². The van der Waals surface area contributed by atoms with Gasteiger partial charge in [0.15, 0.2) is 10.3 Å². The Balaban J connectivity index is 3.00. The highest BCUT2D eigenvalue weighted by molar-refractivity contribution is 6.38. The van der Waals surface area contributed by atoms with Gasteiger partial charge in [0.1, 0.15) is 5.82 Å². The molecule has 66 valence electrons. The molecule has 0 spiro atoms. The van der Waals surface area contributed by atoms with Gasteiger partial charge in [0.05, 0.1) is 5.39 Å². The van der Waals surface area contributed by atoms with Gasteiger partial charge in [0, 0.05) is 5.39 Å². The Kier molecular flexibility index (Phi) is 2.06. The van der Waals surface area contributed by atoms with E-state index in [1.165, 1.54) is 6.07 Å². The maximum atomic E-state index is 13.2. The predicted octanol–water partition coefficient (Wildman–Crippen LogP) is 3.08.